The molecule has 0 amide bonds. The molecule has 0 spiro atoms. The van der Waals surface area contributed by atoms with E-state index in [1.165, 1.54) is 0 Å². The average molecular weight is 370 g/mol. The van der Waals surface area contributed by atoms with Crippen molar-refractivity contribution >= 4 is 17.5 Å². The van der Waals surface area contributed by atoms with Gasteiger partial charge in [0, 0.05) is 22.7 Å². The number of hydrogen-bond acceptors (Lipinski definition) is 4. The van der Waals surface area contributed by atoms with Gasteiger partial charge in [0.1, 0.15) is 0 Å². The van der Waals surface area contributed by atoms with Gasteiger partial charge in [-0.15, -0.1) is 0 Å². The SMILES string of the molecule is CCOC(=O)C1CC1c1cccc(N=C(c2ccccc2)c2ccccc2)n1. The lowest BCUT2D eigenvalue weighted by Gasteiger charge is -2.08. The number of ether oxygens (including phenoxy) is 1. The fourth-order valence-corrected chi connectivity index (χ4v) is 3.34. The van der Waals surface area contributed by atoms with Gasteiger partial charge in [-0.05, 0) is 25.5 Å². The summed E-state index contributed by atoms with van der Waals surface area (Å²) in [6.07, 6.45) is 0.795. The molecule has 1 saturated carbocycles. The summed E-state index contributed by atoms with van der Waals surface area (Å²) in [4.78, 5) is 21.5. The van der Waals surface area contributed by atoms with E-state index in [4.69, 9.17) is 14.7 Å². The zero-order chi connectivity index (χ0) is 19.3. The first kappa shape index (κ1) is 18.1. The number of rotatable bonds is 6. The number of nitrogens with zero attached hydrogens (tertiary/aromatic N) is 2. The minimum Gasteiger partial charge on any atom is -0.466 e. The molecule has 1 heterocycles. The molecule has 1 fully saturated rings. The van der Waals surface area contributed by atoms with E-state index in [2.05, 4.69) is 0 Å². The third kappa shape index (κ3) is 4.01. The number of carbonyl (C=O) groups is 1. The van der Waals surface area contributed by atoms with Crippen LogP contribution in [0.1, 0.15) is 36.1 Å². The van der Waals surface area contributed by atoms with Crippen molar-refractivity contribution in [2.45, 2.75) is 19.3 Å². The minimum atomic E-state index is -0.127. The normalized spacial score (nSPS) is 17.6. The number of esters is 1. The van der Waals surface area contributed by atoms with Gasteiger partial charge in [-0.25, -0.2) is 9.98 Å². The van der Waals surface area contributed by atoms with Gasteiger partial charge in [0.05, 0.1) is 18.2 Å². The van der Waals surface area contributed by atoms with Gasteiger partial charge in [0.15, 0.2) is 5.82 Å². The zero-order valence-electron chi connectivity index (χ0n) is 15.8. The summed E-state index contributed by atoms with van der Waals surface area (Å²) < 4.78 is 5.13. The predicted octanol–water partition coefficient (Wildman–Crippen LogP) is 4.92. The topological polar surface area (TPSA) is 51.5 Å². The van der Waals surface area contributed by atoms with Crippen LogP contribution in [0.25, 0.3) is 0 Å². The first-order valence-corrected chi connectivity index (χ1v) is 9.59. The van der Waals surface area contributed by atoms with Crippen molar-refractivity contribution in [1.29, 1.82) is 0 Å². The molecule has 0 bridgehead atoms. The van der Waals surface area contributed by atoms with Gasteiger partial charge >= 0.3 is 5.97 Å². The third-order valence-electron chi connectivity index (χ3n) is 4.84. The van der Waals surface area contributed by atoms with Crippen LogP contribution in [0.15, 0.2) is 83.9 Å². The quantitative estimate of drug-likeness (QED) is 0.457. The number of aliphatic imine (C=N–C) groups is 1. The van der Waals surface area contributed by atoms with Gasteiger partial charge in [0.2, 0.25) is 0 Å². The van der Waals surface area contributed by atoms with Crippen LogP contribution in [0.5, 0.6) is 0 Å². The van der Waals surface area contributed by atoms with Crippen LogP contribution in [0, 0.1) is 5.92 Å². The monoisotopic (exact) mass is 370 g/mol. The van der Waals surface area contributed by atoms with Crippen molar-refractivity contribution in [3.05, 3.63) is 95.7 Å². The Morgan fingerprint density at radius 2 is 1.61 bits per heavy atom. The molecule has 4 heteroatoms. The van der Waals surface area contributed by atoms with E-state index in [-0.39, 0.29) is 17.8 Å². The molecule has 28 heavy (non-hydrogen) atoms. The number of benzene rings is 2. The summed E-state index contributed by atoms with van der Waals surface area (Å²) in [6, 6.07) is 26.0. The average Bonchev–Trinajstić information content (AvgIpc) is 3.55. The molecular weight excluding hydrogens is 348 g/mol. The van der Waals surface area contributed by atoms with Crippen LogP contribution < -0.4 is 0 Å². The van der Waals surface area contributed by atoms with E-state index < -0.39 is 0 Å². The van der Waals surface area contributed by atoms with Crippen LogP contribution in [0.4, 0.5) is 5.82 Å². The summed E-state index contributed by atoms with van der Waals surface area (Å²) in [7, 11) is 0. The Morgan fingerprint density at radius 3 is 2.21 bits per heavy atom. The second-order valence-electron chi connectivity index (χ2n) is 6.81. The second kappa shape index (κ2) is 8.17. The standard InChI is InChI=1S/C24H22N2O2/c1-2-28-24(27)20-16-19(20)21-14-9-15-22(25-21)26-23(17-10-5-3-6-11-17)18-12-7-4-8-13-18/h3-15,19-20H,2,16H2,1H3. The Balaban J connectivity index is 1.66. The largest absolute Gasteiger partial charge is 0.466 e. The second-order valence-corrected chi connectivity index (χ2v) is 6.81. The number of hydrogen-bond donors (Lipinski definition) is 0. The molecule has 1 aromatic heterocycles. The van der Waals surface area contributed by atoms with E-state index in [1.54, 1.807) is 0 Å². The molecule has 0 saturated heterocycles. The lowest BCUT2D eigenvalue weighted by Crippen LogP contribution is -2.07. The zero-order valence-corrected chi connectivity index (χ0v) is 15.8. The van der Waals surface area contributed by atoms with E-state index in [0.29, 0.717) is 12.4 Å². The maximum absolute atomic E-state index is 11.9. The molecule has 1 aliphatic rings. The molecule has 4 nitrogen and oxygen atoms in total. The highest BCUT2D eigenvalue weighted by molar-refractivity contribution is 6.13. The van der Waals surface area contributed by atoms with Gasteiger partial charge in [-0.1, -0.05) is 66.7 Å². The van der Waals surface area contributed by atoms with E-state index in [1.807, 2.05) is 85.8 Å². The number of carbonyl (C=O) groups excluding carboxylic acids is 1. The molecule has 2 unspecified atom stereocenters. The first-order chi connectivity index (χ1) is 13.8. The van der Waals surface area contributed by atoms with E-state index in [9.17, 15) is 4.79 Å². The Bertz CT molecular complexity index is 942. The van der Waals surface area contributed by atoms with Crippen molar-refractivity contribution in [2.24, 2.45) is 10.9 Å². The maximum atomic E-state index is 11.9. The fraction of sp³-hybridized carbons (Fsp3) is 0.208. The Morgan fingerprint density at radius 1 is 0.964 bits per heavy atom. The third-order valence-corrected chi connectivity index (χ3v) is 4.84. The van der Waals surface area contributed by atoms with Crippen LogP contribution in [0.2, 0.25) is 0 Å². The molecular formula is C24H22N2O2. The van der Waals surface area contributed by atoms with Crippen molar-refractivity contribution in [1.82, 2.24) is 4.98 Å². The molecule has 2 atom stereocenters. The molecule has 4 rings (SSSR count). The molecule has 3 aromatic rings. The Kier molecular flexibility index (Phi) is 5.29. The number of pyridine rings is 1. The summed E-state index contributed by atoms with van der Waals surface area (Å²) in [5.41, 5.74) is 3.86. The molecule has 2 aromatic carbocycles. The summed E-state index contributed by atoms with van der Waals surface area (Å²) >= 11 is 0. The van der Waals surface area contributed by atoms with E-state index >= 15 is 0 Å². The van der Waals surface area contributed by atoms with Crippen LogP contribution in [0.3, 0.4) is 0 Å². The minimum absolute atomic E-state index is 0.0746. The first-order valence-electron chi connectivity index (χ1n) is 9.59. The molecule has 1 aliphatic carbocycles. The molecule has 0 N–H and O–H groups in total. The lowest BCUT2D eigenvalue weighted by atomic mass is 10.0. The van der Waals surface area contributed by atoms with Crippen LogP contribution in [-0.2, 0) is 9.53 Å². The van der Waals surface area contributed by atoms with Crippen molar-refractivity contribution in [3.63, 3.8) is 0 Å². The van der Waals surface area contributed by atoms with Gasteiger partial charge in [-0.2, -0.15) is 0 Å². The highest BCUT2D eigenvalue weighted by Crippen LogP contribution is 2.47. The molecule has 0 aliphatic heterocycles. The van der Waals surface area contributed by atoms with Crippen LogP contribution in [-0.4, -0.2) is 23.3 Å². The maximum Gasteiger partial charge on any atom is 0.309 e. The van der Waals surface area contributed by atoms with Crippen LogP contribution >= 0.6 is 0 Å². The van der Waals surface area contributed by atoms with E-state index in [0.717, 1.165) is 29.0 Å². The van der Waals surface area contributed by atoms with Gasteiger partial charge in [-0.3, -0.25) is 4.79 Å². The predicted molar refractivity (Wildman–Crippen MR) is 110 cm³/mol. The van der Waals surface area contributed by atoms with Crippen molar-refractivity contribution < 1.29 is 9.53 Å². The summed E-state index contributed by atoms with van der Waals surface area (Å²) in [5.74, 6) is 0.577. The summed E-state index contributed by atoms with van der Waals surface area (Å²) in [6.45, 7) is 2.24. The highest BCUT2D eigenvalue weighted by Gasteiger charge is 2.46. The molecule has 0 radical (unpaired) electrons. The Hall–Kier alpha value is -3.27. The summed E-state index contributed by atoms with van der Waals surface area (Å²) in [5, 5.41) is 0. The van der Waals surface area contributed by atoms with Crippen molar-refractivity contribution in [3.8, 4) is 0 Å². The number of aromatic nitrogens is 1. The lowest BCUT2D eigenvalue weighted by molar-refractivity contribution is -0.144. The van der Waals surface area contributed by atoms with Gasteiger partial charge in [0.25, 0.3) is 0 Å². The molecule has 140 valence electrons. The van der Waals surface area contributed by atoms with Gasteiger partial charge < -0.3 is 4.74 Å². The fourth-order valence-electron chi connectivity index (χ4n) is 3.34. The van der Waals surface area contributed by atoms with Crippen molar-refractivity contribution in [2.75, 3.05) is 6.61 Å². The smallest absolute Gasteiger partial charge is 0.309 e. The Labute approximate surface area is 164 Å². The highest BCUT2D eigenvalue weighted by atomic mass is 16.5.